The first-order valence-electron chi connectivity index (χ1n) is 17.5. The van der Waals surface area contributed by atoms with E-state index in [1.54, 1.807) is 9.80 Å². The molecule has 0 spiro atoms. The van der Waals surface area contributed by atoms with Crippen LogP contribution in [0.25, 0.3) is 22.1 Å². The highest BCUT2D eigenvalue weighted by molar-refractivity contribution is 7.89. The van der Waals surface area contributed by atoms with Crippen molar-refractivity contribution in [2.24, 2.45) is 11.8 Å². The fourth-order valence-corrected chi connectivity index (χ4v) is 8.73. The summed E-state index contributed by atoms with van der Waals surface area (Å²) < 4.78 is 52.9. The summed E-state index contributed by atoms with van der Waals surface area (Å²) in [4.78, 5) is 46.8. The van der Waals surface area contributed by atoms with Crippen LogP contribution in [-0.2, 0) is 29.6 Å². The Balaban J connectivity index is 1.19. The molecule has 4 N–H and O–H groups in total. The first-order valence-corrected chi connectivity index (χ1v) is 21.3. The maximum absolute atomic E-state index is 13.5. The maximum atomic E-state index is 13.5. The number of sulfonamides is 2. The monoisotopic (exact) mass is 750 g/mol. The largest absolute Gasteiger partial charge is 0.340 e. The van der Waals surface area contributed by atoms with Gasteiger partial charge in [0.05, 0.1) is 46.7 Å². The SMILES string of the molecule is CC(C)[C@H](NS(C)(=O)=O)C(=O)N1CCC[C@H]1c1nc2cc(C#Cc3ccc4nc([C@@H]5CCCN5C(=O)[C@@H](NS(C)(=O)=O)C(C)C)[nH]c4c3)ccc2[nH]1. The summed E-state index contributed by atoms with van der Waals surface area (Å²) in [7, 11) is -7.15. The van der Waals surface area contributed by atoms with E-state index in [-0.39, 0.29) is 35.7 Å². The number of nitrogens with one attached hydrogen (secondary N) is 4. The van der Waals surface area contributed by atoms with Gasteiger partial charge in [0, 0.05) is 24.2 Å². The predicted octanol–water partition coefficient (Wildman–Crippen LogP) is 3.31. The van der Waals surface area contributed by atoms with Crippen molar-refractivity contribution < 1.29 is 26.4 Å². The molecule has 0 bridgehead atoms. The molecular formula is C36H46N8O6S2. The fourth-order valence-electron chi connectivity index (χ4n) is 7.06. The standard InChI is InChI=1S/C36H46N8O6S2/c1-21(2)31(41-51(5,47)48)35(45)43-17-7-9-29(43)33-37-25-15-13-23(19-27(25)39-33)11-12-24-14-16-26-28(20-24)40-34(38-26)30-10-8-18-44(30)36(46)32(22(3)4)42-52(6,49)50/h13-16,19-22,29-32,41-42H,7-10,17-18H2,1-6H3,(H,37,39)(H,38,40)/t29-,30-,31-,32-/m0/s1. The topological polar surface area (TPSA) is 190 Å². The van der Waals surface area contributed by atoms with Crippen molar-refractivity contribution >= 4 is 53.9 Å². The zero-order valence-corrected chi connectivity index (χ0v) is 31.9. The lowest BCUT2D eigenvalue weighted by atomic mass is 10.0. The molecule has 0 aliphatic carbocycles. The number of amides is 2. The van der Waals surface area contributed by atoms with E-state index in [1.165, 1.54) is 0 Å². The molecule has 0 saturated carbocycles. The number of imidazole rings is 2. The number of aromatic nitrogens is 4. The van der Waals surface area contributed by atoms with Gasteiger partial charge < -0.3 is 19.8 Å². The molecule has 4 aromatic rings. The van der Waals surface area contributed by atoms with Crippen LogP contribution in [-0.4, -0.2) is 96.1 Å². The van der Waals surface area contributed by atoms with Crippen LogP contribution in [0.4, 0.5) is 0 Å². The maximum Gasteiger partial charge on any atom is 0.241 e. The van der Waals surface area contributed by atoms with E-state index in [9.17, 15) is 26.4 Å². The van der Waals surface area contributed by atoms with E-state index in [2.05, 4.69) is 31.3 Å². The molecule has 2 aliphatic rings. The second kappa shape index (κ2) is 14.6. The summed E-state index contributed by atoms with van der Waals surface area (Å²) in [5.41, 5.74) is 4.58. The number of benzene rings is 2. The first-order chi connectivity index (χ1) is 24.5. The molecule has 4 heterocycles. The van der Waals surface area contributed by atoms with Crippen LogP contribution in [0.15, 0.2) is 36.4 Å². The Kier molecular flexibility index (Phi) is 10.5. The lowest BCUT2D eigenvalue weighted by Crippen LogP contribution is -2.50. The second-order valence-corrected chi connectivity index (χ2v) is 18.1. The highest BCUT2D eigenvalue weighted by atomic mass is 32.2. The molecule has 2 aliphatic heterocycles. The molecule has 2 aromatic carbocycles. The zero-order chi connectivity index (χ0) is 37.5. The number of hydrogen-bond acceptors (Lipinski definition) is 8. The highest BCUT2D eigenvalue weighted by Crippen LogP contribution is 2.34. The molecule has 14 nitrogen and oxygen atoms in total. The molecule has 2 saturated heterocycles. The summed E-state index contributed by atoms with van der Waals surface area (Å²) in [6.07, 6.45) is 5.13. The van der Waals surface area contributed by atoms with Gasteiger partial charge in [-0.25, -0.2) is 36.2 Å². The number of hydrogen-bond donors (Lipinski definition) is 4. The van der Waals surface area contributed by atoms with Gasteiger partial charge in [-0.05, 0) is 73.9 Å². The molecule has 6 rings (SSSR count). The summed E-state index contributed by atoms with van der Waals surface area (Å²) in [5.74, 6) is 6.80. The van der Waals surface area contributed by atoms with Gasteiger partial charge in [0.15, 0.2) is 0 Å². The molecule has 2 aromatic heterocycles. The van der Waals surface area contributed by atoms with E-state index in [4.69, 9.17) is 9.97 Å². The fraction of sp³-hybridized carbons (Fsp3) is 0.500. The molecule has 0 unspecified atom stereocenters. The number of carbonyl (C=O) groups is 2. The Morgan fingerprint density at radius 2 is 1.17 bits per heavy atom. The van der Waals surface area contributed by atoms with Gasteiger partial charge in [-0.2, -0.15) is 0 Å². The molecule has 2 amide bonds. The number of likely N-dealkylation sites (tertiary alicyclic amines) is 2. The van der Waals surface area contributed by atoms with Gasteiger partial charge in [-0.1, -0.05) is 39.5 Å². The van der Waals surface area contributed by atoms with Crippen molar-refractivity contribution in [1.82, 2.24) is 39.2 Å². The number of rotatable bonds is 10. The third-order valence-electron chi connectivity index (χ3n) is 9.60. The Labute approximate surface area is 304 Å². The zero-order valence-electron chi connectivity index (χ0n) is 30.2. The molecule has 4 atom stereocenters. The van der Waals surface area contributed by atoms with Crippen LogP contribution in [0, 0.1) is 23.7 Å². The van der Waals surface area contributed by atoms with E-state index in [0.717, 1.165) is 53.0 Å². The summed E-state index contributed by atoms with van der Waals surface area (Å²) >= 11 is 0. The minimum absolute atomic E-state index is 0.222. The van der Waals surface area contributed by atoms with E-state index in [0.29, 0.717) is 43.1 Å². The predicted molar refractivity (Wildman–Crippen MR) is 199 cm³/mol. The van der Waals surface area contributed by atoms with Crippen molar-refractivity contribution in [1.29, 1.82) is 0 Å². The summed E-state index contributed by atoms with van der Waals surface area (Å²) in [5, 5.41) is 0. The minimum atomic E-state index is -3.57. The van der Waals surface area contributed by atoms with Crippen LogP contribution in [0.1, 0.15) is 88.2 Å². The van der Waals surface area contributed by atoms with Crippen molar-refractivity contribution in [3.63, 3.8) is 0 Å². The number of aromatic amines is 2. The Morgan fingerprint density at radius 1 is 0.712 bits per heavy atom. The summed E-state index contributed by atoms with van der Waals surface area (Å²) in [6.45, 7) is 8.32. The molecule has 278 valence electrons. The number of H-pyrrole nitrogens is 2. The smallest absolute Gasteiger partial charge is 0.241 e. The Morgan fingerprint density at radius 3 is 1.67 bits per heavy atom. The van der Waals surface area contributed by atoms with Crippen LogP contribution in [0.3, 0.4) is 0 Å². The number of fused-ring (bicyclic) bond motifs is 2. The second-order valence-electron chi connectivity index (χ2n) is 14.6. The third kappa shape index (κ3) is 8.33. The Bertz CT molecular complexity index is 2130. The Hall–Kier alpha value is -4.30. The third-order valence-corrected chi connectivity index (χ3v) is 11.0. The van der Waals surface area contributed by atoms with E-state index in [1.807, 2.05) is 64.1 Å². The van der Waals surface area contributed by atoms with Crippen molar-refractivity contribution in [2.45, 2.75) is 77.5 Å². The van der Waals surface area contributed by atoms with E-state index < -0.39 is 32.1 Å². The quantitative estimate of drug-likeness (QED) is 0.178. The highest BCUT2D eigenvalue weighted by Gasteiger charge is 2.39. The molecular weight excluding hydrogens is 705 g/mol. The van der Waals surface area contributed by atoms with Crippen molar-refractivity contribution in [3.8, 4) is 11.8 Å². The number of carbonyl (C=O) groups excluding carboxylic acids is 2. The van der Waals surface area contributed by atoms with Gasteiger partial charge in [-0.15, -0.1) is 0 Å². The molecule has 52 heavy (non-hydrogen) atoms. The molecule has 16 heteroatoms. The van der Waals surface area contributed by atoms with Crippen molar-refractivity contribution in [2.75, 3.05) is 25.6 Å². The minimum Gasteiger partial charge on any atom is -0.340 e. The van der Waals surface area contributed by atoms with Gasteiger partial charge in [0.25, 0.3) is 0 Å². The van der Waals surface area contributed by atoms with Crippen molar-refractivity contribution in [3.05, 3.63) is 59.2 Å². The van der Waals surface area contributed by atoms with Crippen LogP contribution in [0.2, 0.25) is 0 Å². The van der Waals surface area contributed by atoms with Gasteiger partial charge in [-0.3, -0.25) is 9.59 Å². The van der Waals surface area contributed by atoms with Gasteiger partial charge in [0.1, 0.15) is 23.7 Å². The van der Waals surface area contributed by atoms with Gasteiger partial charge >= 0.3 is 0 Å². The van der Waals surface area contributed by atoms with Gasteiger partial charge in [0.2, 0.25) is 31.9 Å². The van der Waals surface area contributed by atoms with Crippen LogP contribution >= 0.6 is 0 Å². The first kappa shape index (κ1) is 37.5. The lowest BCUT2D eigenvalue weighted by molar-refractivity contribution is -0.135. The summed E-state index contributed by atoms with van der Waals surface area (Å²) in [6, 6.07) is 9.10. The molecule has 2 fully saturated rings. The van der Waals surface area contributed by atoms with Crippen LogP contribution in [0.5, 0.6) is 0 Å². The average Bonchev–Trinajstić information content (AvgIpc) is 3.88. The van der Waals surface area contributed by atoms with Crippen LogP contribution < -0.4 is 9.44 Å². The number of nitrogens with zero attached hydrogens (tertiary/aromatic N) is 4. The normalized spacial score (nSPS) is 19.5. The average molecular weight is 751 g/mol. The molecule has 0 radical (unpaired) electrons. The lowest BCUT2D eigenvalue weighted by Gasteiger charge is -2.29. The van der Waals surface area contributed by atoms with E-state index >= 15 is 0 Å².